The molecule has 1 N–H and O–H groups in total. The number of furan rings is 1. The first-order chi connectivity index (χ1) is 8.24. The summed E-state index contributed by atoms with van der Waals surface area (Å²) in [5.74, 6) is 1.88. The number of ether oxygens (including phenoxy) is 1. The molecule has 0 saturated heterocycles. The van der Waals surface area contributed by atoms with Crippen molar-refractivity contribution in [1.82, 2.24) is 5.32 Å². The second-order valence-corrected chi connectivity index (χ2v) is 4.75. The molecule has 0 aliphatic heterocycles. The first-order valence-electron chi connectivity index (χ1n) is 6.09. The molecule has 0 bridgehead atoms. The smallest absolute Gasteiger partial charge is 0.134 e. The highest BCUT2D eigenvalue weighted by Crippen LogP contribution is 2.29. The molecule has 0 amide bonds. The molecule has 1 aliphatic carbocycles. The fourth-order valence-corrected chi connectivity index (χ4v) is 2.32. The van der Waals surface area contributed by atoms with Gasteiger partial charge in [-0.2, -0.15) is 0 Å². The molecule has 0 unspecified atom stereocenters. The third kappa shape index (κ3) is 2.03. The van der Waals surface area contributed by atoms with E-state index in [1.165, 1.54) is 0 Å². The van der Waals surface area contributed by atoms with E-state index < -0.39 is 0 Å². The molecule has 90 valence electrons. The number of fused-ring (bicyclic) bond motifs is 1. The van der Waals surface area contributed by atoms with Crippen LogP contribution in [-0.2, 0) is 0 Å². The van der Waals surface area contributed by atoms with E-state index in [2.05, 4.69) is 11.4 Å². The van der Waals surface area contributed by atoms with Gasteiger partial charge in [-0.15, -0.1) is 0 Å². The van der Waals surface area contributed by atoms with Crippen LogP contribution in [0.25, 0.3) is 11.0 Å². The van der Waals surface area contributed by atoms with Gasteiger partial charge in [0.2, 0.25) is 0 Å². The molecule has 1 saturated carbocycles. The minimum atomic E-state index is 0.359. The zero-order chi connectivity index (χ0) is 11.8. The summed E-state index contributed by atoms with van der Waals surface area (Å²) in [6, 6.07) is 8.68. The molecule has 17 heavy (non-hydrogen) atoms. The monoisotopic (exact) mass is 231 g/mol. The Morgan fingerprint density at radius 2 is 2.12 bits per heavy atom. The topological polar surface area (TPSA) is 34.4 Å². The first-order valence-corrected chi connectivity index (χ1v) is 6.09. The highest BCUT2D eigenvalue weighted by Gasteiger charge is 2.29. The summed E-state index contributed by atoms with van der Waals surface area (Å²) in [5.41, 5.74) is 0.927. The Balaban J connectivity index is 1.73. The lowest BCUT2D eigenvalue weighted by Crippen LogP contribution is -2.45. The normalized spacial score (nSPS) is 23.6. The number of rotatable bonds is 3. The number of nitrogens with one attached hydrogen (secondary N) is 1. The molecular weight excluding hydrogens is 214 g/mol. The lowest BCUT2D eigenvalue weighted by atomic mass is 9.89. The molecule has 1 aliphatic rings. The molecular formula is C14H17NO2. The Bertz CT molecular complexity index is 526. The summed E-state index contributed by atoms with van der Waals surface area (Å²) in [5, 5.41) is 4.37. The van der Waals surface area contributed by atoms with Crippen LogP contribution in [0.5, 0.6) is 5.75 Å². The van der Waals surface area contributed by atoms with Crippen molar-refractivity contribution in [3.05, 3.63) is 30.0 Å². The van der Waals surface area contributed by atoms with E-state index in [-0.39, 0.29) is 0 Å². The van der Waals surface area contributed by atoms with E-state index in [0.29, 0.717) is 12.1 Å². The van der Waals surface area contributed by atoms with Crippen molar-refractivity contribution in [2.45, 2.75) is 31.9 Å². The van der Waals surface area contributed by atoms with Gasteiger partial charge in [0.25, 0.3) is 0 Å². The van der Waals surface area contributed by atoms with Crippen molar-refractivity contribution in [3.63, 3.8) is 0 Å². The van der Waals surface area contributed by atoms with Crippen molar-refractivity contribution in [3.8, 4) is 5.75 Å². The molecule has 1 aromatic heterocycles. The van der Waals surface area contributed by atoms with Gasteiger partial charge in [-0.25, -0.2) is 0 Å². The Labute approximate surface area is 101 Å². The summed E-state index contributed by atoms with van der Waals surface area (Å²) >= 11 is 0. The fraction of sp³-hybridized carbons (Fsp3) is 0.429. The second-order valence-electron chi connectivity index (χ2n) is 4.75. The summed E-state index contributed by atoms with van der Waals surface area (Å²) in [7, 11) is 2.00. The highest BCUT2D eigenvalue weighted by atomic mass is 16.5. The minimum absolute atomic E-state index is 0.359. The lowest BCUT2D eigenvalue weighted by molar-refractivity contribution is 0.0886. The second kappa shape index (κ2) is 4.08. The van der Waals surface area contributed by atoms with Gasteiger partial charge in [-0.1, -0.05) is 0 Å². The molecule has 0 radical (unpaired) electrons. The van der Waals surface area contributed by atoms with Crippen molar-refractivity contribution in [2.24, 2.45) is 0 Å². The molecule has 3 heteroatoms. The van der Waals surface area contributed by atoms with Crippen LogP contribution in [-0.4, -0.2) is 19.2 Å². The maximum atomic E-state index is 5.92. The Morgan fingerprint density at radius 3 is 2.88 bits per heavy atom. The Morgan fingerprint density at radius 1 is 1.29 bits per heavy atom. The predicted molar refractivity (Wildman–Crippen MR) is 67.4 cm³/mol. The molecule has 1 aromatic carbocycles. The van der Waals surface area contributed by atoms with Crippen molar-refractivity contribution in [2.75, 3.05) is 7.05 Å². The summed E-state index contributed by atoms with van der Waals surface area (Å²) in [6.07, 6.45) is 2.55. The number of aryl methyl sites for hydroxylation is 1. The van der Waals surface area contributed by atoms with E-state index in [9.17, 15) is 0 Å². The molecule has 1 fully saturated rings. The van der Waals surface area contributed by atoms with Crippen molar-refractivity contribution in [1.29, 1.82) is 0 Å². The number of benzene rings is 1. The van der Waals surface area contributed by atoms with E-state index in [1.54, 1.807) is 0 Å². The Kier molecular flexibility index (Phi) is 2.56. The van der Waals surface area contributed by atoms with Gasteiger partial charge in [0.15, 0.2) is 0 Å². The quantitative estimate of drug-likeness (QED) is 0.882. The standard InChI is InChI=1S/C14H17NO2/c1-9-5-10-6-12(3-4-14(10)16-9)17-13-7-11(8-13)15-2/h3-6,11,13,15H,7-8H2,1-2H3. The van der Waals surface area contributed by atoms with Gasteiger partial charge in [0.05, 0.1) is 0 Å². The average Bonchev–Trinajstić information content (AvgIpc) is 2.62. The first kappa shape index (κ1) is 10.7. The van der Waals surface area contributed by atoms with Crippen molar-refractivity contribution < 1.29 is 9.15 Å². The lowest BCUT2D eigenvalue weighted by Gasteiger charge is -2.35. The maximum absolute atomic E-state index is 5.92. The Hall–Kier alpha value is -1.48. The van der Waals surface area contributed by atoms with Gasteiger partial charge in [-0.05, 0) is 51.1 Å². The van der Waals surface area contributed by atoms with E-state index in [4.69, 9.17) is 9.15 Å². The van der Waals surface area contributed by atoms with E-state index >= 15 is 0 Å². The van der Waals surface area contributed by atoms with Crippen LogP contribution in [0.3, 0.4) is 0 Å². The fourth-order valence-electron chi connectivity index (χ4n) is 2.32. The summed E-state index contributed by atoms with van der Waals surface area (Å²) in [4.78, 5) is 0. The molecule has 3 rings (SSSR count). The van der Waals surface area contributed by atoms with Gasteiger partial charge < -0.3 is 14.5 Å². The summed E-state index contributed by atoms with van der Waals surface area (Å²) in [6.45, 7) is 1.96. The molecule has 0 spiro atoms. The minimum Gasteiger partial charge on any atom is -0.490 e. The van der Waals surface area contributed by atoms with Crippen LogP contribution in [0.2, 0.25) is 0 Å². The van der Waals surface area contributed by atoms with E-state index in [1.807, 2.05) is 32.2 Å². The summed E-state index contributed by atoms with van der Waals surface area (Å²) < 4.78 is 11.5. The van der Waals surface area contributed by atoms with Crippen LogP contribution < -0.4 is 10.1 Å². The van der Waals surface area contributed by atoms with Crippen LogP contribution >= 0.6 is 0 Å². The van der Waals surface area contributed by atoms with Crippen LogP contribution in [0, 0.1) is 6.92 Å². The third-order valence-corrected chi connectivity index (χ3v) is 3.42. The SMILES string of the molecule is CNC1CC(Oc2ccc3oc(C)cc3c2)C1. The third-order valence-electron chi connectivity index (χ3n) is 3.42. The van der Waals surface area contributed by atoms with Crippen LogP contribution in [0.1, 0.15) is 18.6 Å². The maximum Gasteiger partial charge on any atom is 0.134 e. The average molecular weight is 231 g/mol. The largest absolute Gasteiger partial charge is 0.490 e. The van der Waals surface area contributed by atoms with Gasteiger partial charge in [0, 0.05) is 11.4 Å². The number of hydrogen-bond acceptors (Lipinski definition) is 3. The van der Waals surface area contributed by atoms with Crippen LogP contribution in [0.15, 0.2) is 28.7 Å². The molecule has 2 aromatic rings. The predicted octanol–water partition coefficient (Wildman–Crippen LogP) is 2.87. The zero-order valence-electron chi connectivity index (χ0n) is 10.2. The molecule has 0 atom stereocenters. The van der Waals surface area contributed by atoms with Gasteiger partial charge in [0.1, 0.15) is 23.2 Å². The number of hydrogen-bond donors (Lipinski definition) is 1. The van der Waals surface area contributed by atoms with Gasteiger partial charge >= 0.3 is 0 Å². The van der Waals surface area contributed by atoms with Crippen LogP contribution in [0.4, 0.5) is 0 Å². The molecule has 3 nitrogen and oxygen atoms in total. The highest BCUT2D eigenvalue weighted by molar-refractivity contribution is 5.79. The van der Waals surface area contributed by atoms with Crippen molar-refractivity contribution >= 4 is 11.0 Å². The van der Waals surface area contributed by atoms with E-state index in [0.717, 1.165) is 35.3 Å². The molecule has 1 heterocycles. The zero-order valence-corrected chi connectivity index (χ0v) is 10.2. The van der Waals surface area contributed by atoms with Gasteiger partial charge in [-0.3, -0.25) is 0 Å².